The van der Waals surface area contributed by atoms with Gasteiger partial charge in [0.1, 0.15) is 0 Å². The van der Waals surface area contributed by atoms with Crippen LogP contribution in [0.3, 0.4) is 0 Å². The first-order chi connectivity index (χ1) is 6.15. The van der Waals surface area contributed by atoms with E-state index in [9.17, 15) is 4.39 Å². The number of benzene rings is 1. The highest BCUT2D eigenvalue weighted by Crippen LogP contribution is 2.43. The number of methoxy groups -OCH3 is 1. The van der Waals surface area contributed by atoms with Crippen LogP contribution < -0.4 is 10.5 Å². The molecule has 2 rings (SSSR count). The van der Waals surface area contributed by atoms with Crippen LogP contribution in [-0.4, -0.2) is 7.11 Å². The van der Waals surface area contributed by atoms with Crippen LogP contribution in [0.1, 0.15) is 18.4 Å². The molecule has 2 N–H and O–H groups in total. The Morgan fingerprint density at radius 2 is 2.15 bits per heavy atom. The van der Waals surface area contributed by atoms with Gasteiger partial charge >= 0.3 is 0 Å². The number of nitrogens with two attached hydrogens (primary N) is 1. The van der Waals surface area contributed by atoms with Crippen LogP contribution in [0.2, 0.25) is 0 Å². The maximum absolute atomic E-state index is 13.2. The second kappa shape index (κ2) is 2.70. The van der Waals surface area contributed by atoms with E-state index in [1.165, 1.54) is 13.2 Å². The van der Waals surface area contributed by atoms with Gasteiger partial charge in [0, 0.05) is 5.54 Å². The normalized spacial score (nSPS) is 18.4. The SMILES string of the molecule is COc1ccc(C2(N)CC2)cc1F. The van der Waals surface area contributed by atoms with Crippen LogP contribution in [-0.2, 0) is 5.54 Å². The van der Waals surface area contributed by atoms with Gasteiger partial charge in [-0.15, -0.1) is 0 Å². The maximum Gasteiger partial charge on any atom is 0.165 e. The molecule has 0 amide bonds. The Morgan fingerprint density at radius 3 is 2.62 bits per heavy atom. The molecule has 1 fully saturated rings. The van der Waals surface area contributed by atoms with Crippen molar-refractivity contribution < 1.29 is 9.13 Å². The summed E-state index contributed by atoms with van der Waals surface area (Å²) in [5, 5.41) is 0. The summed E-state index contributed by atoms with van der Waals surface area (Å²) in [5.41, 5.74) is 6.52. The molecule has 1 saturated carbocycles. The number of hydrogen-bond acceptors (Lipinski definition) is 2. The summed E-state index contributed by atoms with van der Waals surface area (Å²) < 4.78 is 18.0. The first-order valence-corrected chi connectivity index (χ1v) is 4.29. The highest BCUT2D eigenvalue weighted by Gasteiger charge is 2.40. The van der Waals surface area contributed by atoms with Gasteiger partial charge in [-0.3, -0.25) is 0 Å². The Balaban J connectivity index is 2.36. The minimum absolute atomic E-state index is 0.271. The average molecular weight is 181 g/mol. The molecule has 0 radical (unpaired) electrons. The summed E-state index contributed by atoms with van der Waals surface area (Å²) >= 11 is 0. The van der Waals surface area contributed by atoms with Gasteiger partial charge in [-0.1, -0.05) is 6.07 Å². The third-order valence-electron chi connectivity index (χ3n) is 2.52. The topological polar surface area (TPSA) is 35.2 Å². The van der Waals surface area contributed by atoms with Gasteiger partial charge in [0.05, 0.1) is 7.11 Å². The lowest BCUT2D eigenvalue weighted by molar-refractivity contribution is 0.385. The van der Waals surface area contributed by atoms with Crippen LogP contribution in [0.5, 0.6) is 5.75 Å². The highest BCUT2D eigenvalue weighted by atomic mass is 19.1. The predicted molar refractivity (Wildman–Crippen MR) is 48.1 cm³/mol. The van der Waals surface area contributed by atoms with E-state index in [4.69, 9.17) is 10.5 Å². The van der Waals surface area contributed by atoms with E-state index in [0.29, 0.717) is 0 Å². The molecular weight excluding hydrogens is 169 g/mol. The Morgan fingerprint density at radius 1 is 1.46 bits per heavy atom. The van der Waals surface area contributed by atoms with E-state index < -0.39 is 0 Å². The Kier molecular flexibility index (Phi) is 1.77. The molecule has 0 spiro atoms. The minimum Gasteiger partial charge on any atom is -0.494 e. The zero-order valence-corrected chi connectivity index (χ0v) is 7.51. The fraction of sp³-hybridized carbons (Fsp3) is 0.400. The predicted octanol–water partition coefficient (Wildman–Crippen LogP) is 1.78. The quantitative estimate of drug-likeness (QED) is 0.754. The van der Waals surface area contributed by atoms with E-state index in [-0.39, 0.29) is 17.1 Å². The molecule has 1 aliphatic carbocycles. The average Bonchev–Trinajstić information content (AvgIpc) is 2.85. The van der Waals surface area contributed by atoms with E-state index in [1.807, 2.05) is 6.07 Å². The molecule has 0 unspecified atom stereocenters. The first kappa shape index (κ1) is 8.51. The molecule has 1 aromatic rings. The molecule has 0 aliphatic heterocycles. The monoisotopic (exact) mass is 181 g/mol. The maximum atomic E-state index is 13.2. The third kappa shape index (κ3) is 1.40. The standard InChI is InChI=1S/C10H12FNO/c1-13-9-3-2-7(6-8(9)11)10(12)4-5-10/h2-3,6H,4-5,12H2,1H3. The molecular formula is C10H12FNO. The van der Waals surface area contributed by atoms with E-state index in [2.05, 4.69) is 0 Å². The van der Waals surface area contributed by atoms with Crippen LogP contribution >= 0.6 is 0 Å². The molecule has 0 bridgehead atoms. The molecule has 70 valence electrons. The molecule has 1 aliphatic rings. The summed E-state index contributed by atoms with van der Waals surface area (Å²) in [6.45, 7) is 0. The van der Waals surface area contributed by atoms with Crippen molar-refractivity contribution in [2.24, 2.45) is 5.73 Å². The van der Waals surface area contributed by atoms with Crippen LogP contribution in [0.25, 0.3) is 0 Å². The lowest BCUT2D eigenvalue weighted by Gasteiger charge is -2.10. The summed E-state index contributed by atoms with van der Waals surface area (Å²) in [6.07, 6.45) is 1.89. The van der Waals surface area contributed by atoms with E-state index >= 15 is 0 Å². The first-order valence-electron chi connectivity index (χ1n) is 4.29. The lowest BCUT2D eigenvalue weighted by Crippen LogP contribution is -2.18. The Bertz CT molecular complexity index is 334. The van der Waals surface area contributed by atoms with Crippen LogP contribution in [0.15, 0.2) is 18.2 Å². The molecule has 0 atom stereocenters. The summed E-state index contributed by atoms with van der Waals surface area (Å²) in [7, 11) is 1.45. The summed E-state index contributed by atoms with van der Waals surface area (Å²) in [5.74, 6) is -0.0651. The van der Waals surface area contributed by atoms with Gasteiger partial charge in [0.2, 0.25) is 0 Å². The van der Waals surface area contributed by atoms with Crippen molar-refractivity contribution in [1.29, 1.82) is 0 Å². The van der Waals surface area contributed by atoms with E-state index in [0.717, 1.165) is 18.4 Å². The van der Waals surface area contributed by atoms with Gasteiger partial charge in [0.15, 0.2) is 11.6 Å². The smallest absolute Gasteiger partial charge is 0.165 e. The molecule has 0 aromatic heterocycles. The van der Waals surface area contributed by atoms with Gasteiger partial charge in [-0.25, -0.2) is 4.39 Å². The van der Waals surface area contributed by atoms with Crippen molar-refractivity contribution in [3.63, 3.8) is 0 Å². The third-order valence-corrected chi connectivity index (χ3v) is 2.52. The van der Waals surface area contributed by atoms with Crippen LogP contribution in [0, 0.1) is 5.82 Å². The highest BCUT2D eigenvalue weighted by molar-refractivity contribution is 5.36. The molecule has 2 nitrogen and oxygen atoms in total. The fourth-order valence-corrected chi connectivity index (χ4v) is 1.40. The molecule has 1 aromatic carbocycles. The van der Waals surface area contributed by atoms with Crippen LogP contribution in [0.4, 0.5) is 4.39 Å². The number of ether oxygens (including phenoxy) is 1. The van der Waals surface area contributed by atoms with Crippen molar-refractivity contribution in [3.8, 4) is 5.75 Å². The summed E-state index contributed by atoms with van der Waals surface area (Å²) in [4.78, 5) is 0. The van der Waals surface area contributed by atoms with Gasteiger partial charge in [-0.2, -0.15) is 0 Å². The zero-order valence-electron chi connectivity index (χ0n) is 7.51. The van der Waals surface area contributed by atoms with Crippen molar-refractivity contribution in [2.45, 2.75) is 18.4 Å². The molecule has 0 saturated heterocycles. The zero-order chi connectivity index (χ0) is 9.47. The van der Waals surface area contributed by atoms with Crippen molar-refractivity contribution in [2.75, 3.05) is 7.11 Å². The largest absolute Gasteiger partial charge is 0.494 e. The minimum atomic E-state index is -0.336. The number of halogens is 1. The second-order valence-corrected chi connectivity index (χ2v) is 3.51. The Labute approximate surface area is 76.5 Å². The van der Waals surface area contributed by atoms with Gasteiger partial charge < -0.3 is 10.5 Å². The van der Waals surface area contributed by atoms with Crippen molar-refractivity contribution in [1.82, 2.24) is 0 Å². The van der Waals surface area contributed by atoms with Crippen molar-refractivity contribution >= 4 is 0 Å². The fourth-order valence-electron chi connectivity index (χ4n) is 1.40. The number of hydrogen-bond donors (Lipinski definition) is 1. The summed E-state index contributed by atoms with van der Waals surface area (Å²) in [6, 6.07) is 4.92. The lowest BCUT2D eigenvalue weighted by atomic mass is 10.1. The van der Waals surface area contributed by atoms with Gasteiger partial charge in [0.25, 0.3) is 0 Å². The second-order valence-electron chi connectivity index (χ2n) is 3.51. The van der Waals surface area contributed by atoms with E-state index in [1.54, 1.807) is 6.07 Å². The molecule has 3 heteroatoms. The molecule has 13 heavy (non-hydrogen) atoms. The van der Waals surface area contributed by atoms with Gasteiger partial charge in [-0.05, 0) is 30.5 Å². The molecule has 0 heterocycles. The van der Waals surface area contributed by atoms with Crippen molar-refractivity contribution in [3.05, 3.63) is 29.6 Å². The number of rotatable bonds is 2. The Hall–Kier alpha value is -1.09.